The fourth-order valence-corrected chi connectivity index (χ4v) is 1.71. The summed E-state index contributed by atoms with van der Waals surface area (Å²) in [6.45, 7) is 0.839. The first-order chi connectivity index (χ1) is 11.2. The monoisotopic (exact) mass is 310 g/mol. The standard InChI is InChI=1S/C17H18N4O2/c18-11-13-3-5-14(6-4-13)22-9-1-2-10-23-15-7-8-16(17(19)20)21-12-15/h1-8,11-12,18H,9-10H2,(H3,19,20)/b2-1+,18-11?. The van der Waals surface area contributed by atoms with Crippen molar-refractivity contribution in [2.45, 2.75) is 0 Å². The number of amidine groups is 1. The van der Waals surface area contributed by atoms with Crippen LogP contribution < -0.4 is 15.2 Å². The minimum atomic E-state index is -0.0674. The maximum absolute atomic E-state index is 7.25. The molecule has 0 amide bonds. The van der Waals surface area contributed by atoms with E-state index in [9.17, 15) is 0 Å². The van der Waals surface area contributed by atoms with Crippen molar-refractivity contribution in [2.75, 3.05) is 13.2 Å². The van der Waals surface area contributed by atoms with Gasteiger partial charge in [0.2, 0.25) is 0 Å². The Kier molecular flexibility index (Phi) is 5.88. The predicted octanol–water partition coefficient (Wildman–Crippen LogP) is 2.38. The van der Waals surface area contributed by atoms with Gasteiger partial charge in [-0.3, -0.25) is 5.41 Å². The van der Waals surface area contributed by atoms with Crippen LogP contribution >= 0.6 is 0 Å². The Morgan fingerprint density at radius 3 is 2.13 bits per heavy atom. The quantitative estimate of drug-likeness (QED) is 0.395. The smallest absolute Gasteiger partial charge is 0.141 e. The summed E-state index contributed by atoms with van der Waals surface area (Å²) in [7, 11) is 0. The average molecular weight is 310 g/mol. The maximum Gasteiger partial charge on any atom is 0.141 e. The number of nitrogens with zero attached hydrogens (tertiary/aromatic N) is 1. The Labute approximate surface area is 134 Å². The fourth-order valence-electron chi connectivity index (χ4n) is 1.71. The number of nitrogens with two attached hydrogens (primary N) is 1. The highest BCUT2D eigenvalue weighted by atomic mass is 16.5. The summed E-state index contributed by atoms with van der Waals surface area (Å²) in [5, 5.41) is 14.4. The molecule has 0 fully saturated rings. The minimum absolute atomic E-state index is 0.0674. The Bertz CT molecular complexity index is 679. The van der Waals surface area contributed by atoms with Crippen LogP contribution in [0.4, 0.5) is 0 Å². The van der Waals surface area contributed by atoms with Crippen LogP contribution in [-0.2, 0) is 0 Å². The van der Waals surface area contributed by atoms with Gasteiger partial charge in [0.25, 0.3) is 0 Å². The van der Waals surface area contributed by atoms with Gasteiger partial charge in [-0.1, -0.05) is 0 Å². The summed E-state index contributed by atoms with van der Waals surface area (Å²) in [4.78, 5) is 4.01. The zero-order valence-corrected chi connectivity index (χ0v) is 12.5. The Morgan fingerprint density at radius 1 is 1.00 bits per heavy atom. The van der Waals surface area contributed by atoms with Gasteiger partial charge in [-0.15, -0.1) is 0 Å². The van der Waals surface area contributed by atoms with Gasteiger partial charge in [-0.05, 0) is 54.1 Å². The van der Waals surface area contributed by atoms with Crippen molar-refractivity contribution in [1.82, 2.24) is 4.98 Å². The first kappa shape index (κ1) is 16.2. The molecule has 1 aromatic heterocycles. The average Bonchev–Trinajstić information content (AvgIpc) is 2.59. The van der Waals surface area contributed by atoms with E-state index >= 15 is 0 Å². The molecule has 2 rings (SSSR count). The zero-order valence-electron chi connectivity index (χ0n) is 12.5. The summed E-state index contributed by atoms with van der Waals surface area (Å²) in [5.74, 6) is 1.30. The lowest BCUT2D eigenvalue weighted by Gasteiger charge is -2.04. The molecule has 0 saturated heterocycles. The molecule has 6 heteroatoms. The fraction of sp³-hybridized carbons (Fsp3) is 0.118. The molecular formula is C17H18N4O2. The number of benzene rings is 1. The molecule has 2 aromatic rings. The van der Waals surface area contributed by atoms with Crippen molar-refractivity contribution in [1.29, 1.82) is 10.8 Å². The molecular weight excluding hydrogens is 292 g/mol. The Balaban J connectivity index is 1.70. The molecule has 0 aliphatic carbocycles. The largest absolute Gasteiger partial charge is 0.490 e. The van der Waals surface area contributed by atoms with Crippen molar-refractivity contribution in [3.63, 3.8) is 0 Å². The van der Waals surface area contributed by atoms with Crippen molar-refractivity contribution in [2.24, 2.45) is 5.73 Å². The number of hydrogen-bond acceptors (Lipinski definition) is 5. The van der Waals surface area contributed by atoms with E-state index in [4.69, 9.17) is 26.0 Å². The van der Waals surface area contributed by atoms with Gasteiger partial charge >= 0.3 is 0 Å². The molecule has 4 N–H and O–H groups in total. The molecule has 0 saturated carbocycles. The lowest BCUT2D eigenvalue weighted by molar-refractivity contribution is 0.349. The second-order valence-electron chi connectivity index (χ2n) is 4.60. The molecule has 1 aromatic carbocycles. The molecule has 6 nitrogen and oxygen atoms in total. The third kappa shape index (κ3) is 5.28. The SMILES string of the molecule is N=Cc1ccc(OC/C=C/COc2ccc(C(=N)N)nc2)cc1. The summed E-state index contributed by atoms with van der Waals surface area (Å²) >= 11 is 0. The molecule has 0 aliphatic heterocycles. The third-order valence-corrected chi connectivity index (χ3v) is 2.92. The highest BCUT2D eigenvalue weighted by Crippen LogP contribution is 2.11. The van der Waals surface area contributed by atoms with E-state index < -0.39 is 0 Å². The predicted molar refractivity (Wildman–Crippen MR) is 89.7 cm³/mol. The number of nitrogen functional groups attached to an aromatic ring is 1. The summed E-state index contributed by atoms with van der Waals surface area (Å²) in [6.07, 6.45) is 6.54. The third-order valence-electron chi connectivity index (χ3n) is 2.92. The Morgan fingerprint density at radius 2 is 1.61 bits per heavy atom. The topological polar surface area (TPSA) is 105 Å². The normalized spacial score (nSPS) is 10.4. The van der Waals surface area contributed by atoms with Gasteiger partial charge < -0.3 is 20.6 Å². The number of aromatic nitrogens is 1. The van der Waals surface area contributed by atoms with Crippen LogP contribution in [0.3, 0.4) is 0 Å². The summed E-state index contributed by atoms with van der Waals surface area (Å²) < 4.78 is 11.0. The van der Waals surface area contributed by atoms with Crippen LogP contribution in [0.15, 0.2) is 54.7 Å². The minimum Gasteiger partial charge on any atom is -0.490 e. The van der Waals surface area contributed by atoms with Crippen molar-refractivity contribution in [3.05, 3.63) is 66.0 Å². The maximum atomic E-state index is 7.25. The van der Waals surface area contributed by atoms with Gasteiger partial charge in [0.1, 0.15) is 36.2 Å². The first-order valence-corrected chi connectivity index (χ1v) is 7.00. The van der Waals surface area contributed by atoms with E-state index in [1.807, 2.05) is 36.4 Å². The van der Waals surface area contributed by atoms with E-state index in [1.165, 1.54) is 12.4 Å². The van der Waals surface area contributed by atoms with E-state index in [2.05, 4.69) is 4.98 Å². The van der Waals surface area contributed by atoms with Gasteiger partial charge in [-0.2, -0.15) is 0 Å². The van der Waals surface area contributed by atoms with E-state index in [0.717, 1.165) is 11.3 Å². The van der Waals surface area contributed by atoms with E-state index in [0.29, 0.717) is 24.7 Å². The molecule has 0 atom stereocenters. The second kappa shape index (κ2) is 8.33. The van der Waals surface area contributed by atoms with Gasteiger partial charge in [0.15, 0.2) is 0 Å². The van der Waals surface area contributed by atoms with Gasteiger partial charge in [-0.25, -0.2) is 4.98 Å². The van der Waals surface area contributed by atoms with Crippen LogP contribution in [0, 0.1) is 10.8 Å². The molecule has 118 valence electrons. The van der Waals surface area contributed by atoms with Gasteiger partial charge in [0.05, 0.1) is 6.20 Å². The molecule has 1 heterocycles. The lowest BCUT2D eigenvalue weighted by Crippen LogP contribution is -2.12. The van der Waals surface area contributed by atoms with E-state index in [1.54, 1.807) is 12.1 Å². The van der Waals surface area contributed by atoms with E-state index in [-0.39, 0.29) is 5.84 Å². The highest BCUT2D eigenvalue weighted by molar-refractivity contribution is 5.92. The van der Waals surface area contributed by atoms with Crippen LogP contribution in [0.1, 0.15) is 11.3 Å². The Hall–Kier alpha value is -3.15. The molecule has 0 radical (unpaired) electrons. The van der Waals surface area contributed by atoms with Crippen LogP contribution in [0.5, 0.6) is 11.5 Å². The molecule has 23 heavy (non-hydrogen) atoms. The van der Waals surface area contributed by atoms with Crippen molar-refractivity contribution in [3.8, 4) is 11.5 Å². The second-order valence-corrected chi connectivity index (χ2v) is 4.60. The number of hydrogen-bond donors (Lipinski definition) is 3. The van der Waals surface area contributed by atoms with Crippen molar-refractivity contribution >= 4 is 12.1 Å². The summed E-state index contributed by atoms with van der Waals surface area (Å²) in [5.41, 5.74) is 6.59. The molecule has 0 bridgehead atoms. The lowest BCUT2D eigenvalue weighted by atomic mass is 10.2. The first-order valence-electron chi connectivity index (χ1n) is 7.00. The molecule has 0 spiro atoms. The number of nitrogens with one attached hydrogen (secondary N) is 2. The summed E-state index contributed by atoms with van der Waals surface area (Å²) in [6, 6.07) is 10.7. The highest BCUT2D eigenvalue weighted by Gasteiger charge is 1.98. The van der Waals surface area contributed by atoms with Crippen molar-refractivity contribution < 1.29 is 9.47 Å². The van der Waals surface area contributed by atoms with Gasteiger partial charge in [0, 0.05) is 6.21 Å². The number of ether oxygens (including phenoxy) is 2. The van der Waals surface area contributed by atoms with Crippen LogP contribution in [0.2, 0.25) is 0 Å². The molecule has 0 aliphatic rings. The molecule has 0 unspecified atom stereocenters. The number of pyridine rings is 1. The van der Waals surface area contributed by atoms with Crippen LogP contribution in [0.25, 0.3) is 0 Å². The number of rotatable bonds is 8. The van der Waals surface area contributed by atoms with Crippen LogP contribution in [-0.4, -0.2) is 30.2 Å². The zero-order chi connectivity index (χ0) is 16.5.